The summed E-state index contributed by atoms with van der Waals surface area (Å²) < 4.78 is 0. The van der Waals surface area contributed by atoms with E-state index in [4.69, 9.17) is 0 Å². The van der Waals surface area contributed by atoms with Crippen molar-refractivity contribution in [2.75, 3.05) is 0 Å². The van der Waals surface area contributed by atoms with Crippen LogP contribution in [0.25, 0.3) is 0 Å². The summed E-state index contributed by atoms with van der Waals surface area (Å²) in [5, 5.41) is 3.80. The summed E-state index contributed by atoms with van der Waals surface area (Å²) in [6.45, 7) is 0. The van der Waals surface area contributed by atoms with Gasteiger partial charge in [-0.25, -0.2) is 4.79 Å². The molecule has 1 aromatic heterocycles. The van der Waals surface area contributed by atoms with Crippen LogP contribution < -0.4 is 10.6 Å². The van der Waals surface area contributed by atoms with Crippen molar-refractivity contribution in [1.29, 1.82) is 0 Å². The van der Waals surface area contributed by atoms with E-state index >= 15 is 0 Å². The largest absolute Gasteiger partial charge is 0.328 e. The number of rotatable bonds is 0. The summed E-state index contributed by atoms with van der Waals surface area (Å²) >= 11 is 0. The summed E-state index contributed by atoms with van der Waals surface area (Å²) in [4.78, 5) is 34.6. The predicted molar refractivity (Wildman–Crippen MR) is 50.5 cm³/mol. The van der Waals surface area contributed by atoms with Crippen molar-refractivity contribution >= 4 is 17.8 Å². The summed E-state index contributed by atoms with van der Waals surface area (Å²) in [5.41, 5.74) is 0. The summed E-state index contributed by atoms with van der Waals surface area (Å²) in [6.07, 6.45) is 3.24. The first kappa shape index (κ1) is 10.8. The van der Waals surface area contributed by atoms with E-state index in [1.807, 2.05) is 28.8 Å². The molecule has 0 unspecified atom stereocenters. The summed E-state index contributed by atoms with van der Waals surface area (Å²) in [5.74, 6) is -1.10. The Morgan fingerprint density at radius 3 is 1.73 bits per heavy atom. The number of carbonyl (C=O) groups excluding carboxylic acids is 3. The Bertz CT molecular complexity index is 292. The third-order valence-corrected chi connectivity index (χ3v) is 1.39. The topological polar surface area (TPSA) is 88.2 Å². The molecule has 2 heterocycles. The molecule has 0 aromatic carbocycles. The van der Waals surface area contributed by atoms with Crippen molar-refractivity contribution in [2.45, 2.75) is 6.42 Å². The average Bonchev–Trinajstić information content (AvgIpc) is 2.19. The number of aromatic nitrogens is 1. The van der Waals surface area contributed by atoms with Crippen molar-refractivity contribution in [2.24, 2.45) is 0 Å². The van der Waals surface area contributed by atoms with Crippen molar-refractivity contribution in [3.8, 4) is 0 Å². The van der Waals surface area contributed by atoms with E-state index in [0.29, 0.717) is 0 Å². The first-order valence-electron chi connectivity index (χ1n) is 4.17. The van der Waals surface area contributed by atoms with Crippen LogP contribution in [0, 0.1) is 0 Å². The number of amides is 4. The minimum atomic E-state index is -0.740. The van der Waals surface area contributed by atoms with E-state index in [1.54, 1.807) is 12.4 Å². The number of imide groups is 2. The van der Waals surface area contributed by atoms with Crippen LogP contribution in [0.5, 0.6) is 0 Å². The number of carbonyl (C=O) groups is 3. The zero-order chi connectivity index (χ0) is 11.1. The van der Waals surface area contributed by atoms with Gasteiger partial charge in [0.15, 0.2) is 0 Å². The molecule has 4 amide bonds. The Hall–Kier alpha value is -2.24. The zero-order valence-corrected chi connectivity index (χ0v) is 7.77. The molecule has 0 bridgehead atoms. The van der Waals surface area contributed by atoms with Crippen LogP contribution in [-0.2, 0) is 9.59 Å². The highest BCUT2D eigenvalue weighted by molar-refractivity contribution is 6.14. The molecule has 2 rings (SSSR count). The monoisotopic (exact) mass is 207 g/mol. The fourth-order valence-electron chi connectivity index (χ4n) is 0.831. The maximum atomic E-state index is 10.3. The molecule has 1 saturated heterocycles. The average molecular weight is 207 g/mol. The Kier molecular flexibility index (Phi) is 3.96. The van der Waals surface area contributed by atoms with E-state index in [9.17, 15) is 14.4 Å². The van der Waals surface area contributed by atoms with Gasteiger partial charge in [0.25, 0.3) is 0 Å². The molecule has 0 atom stereocenters. The summed E-state index contributed by atoms with van der Waals surface area (Å²) in [7, 11) is 0. The Morgan fingerprint density at radius 1 is 0.933 bits per heavy atom. The van der Waals surface area contributed by atoms with Gasteiger partial charge in [0.05, 0.1) is 0 Å². The third-order valence-electron chi connectivity index (χ3n) is 1.39. The second-order valence-corrected chi connectivity index (χ2v) is 2.63. The van der Waals surface area contributed by atoms with Gasteiger partial charge in [0, 0.05) is 12.4 Å². The minimum Gasteiger partial charge on any atom is -0.277 e. The SMILES string of the molecule is O=C1CC(=O)NC(=O)N1.c1ccncc1. The molecule has 0 saturated carbocycles. The molecule has 2 N–H and O–H groups in total. The highest BCUT2D eigenvalue weighted by atomic mass is 16.2. The molecule has 1 fully saturated rings. The van der Waals surface area contributed by atoms with Gasteiger partial charge >= 0.3 is 6.03 Å². The van der Waals surface area contributed by atoms with E-state index in [-0.39, 0.29) is 6.42 Å². The lowest BCUT2D eigenvalue weighted by Crippen LogP contribution is -2.49. The Labute approximate surface area is 85.7 Å². The fourth-order valence-corrected chi connectivity index (χ4v) is 0.831. The fraction of sp³-hybridized carbons (Fsp3) is 0.111. The van der Waals surface area contributed by atoms with Gasteiger partial charge in [0.2, 0.25) is 11.8 Å². The third kappa shape index (κ3) is 4.51. The number of nitrogens with one attached hydrogen (secondary N) is 2. The molecule has 1 aromatic rings. The van der Waals surface area contributed by atoms with Gasteiger partial charge in [-0.15, -0.1) is 0 Å². The van der Waals surface area contributed by atoms with E-state index in [1.165, 1.54) is 0 Å². The second kappa shape index (κ2) is 5.48. The van der Waals surface area contributed by atoms with Crippen molar-refractivity contribution in [3.63, 3.8) is 0 Å². The van der Waals surface area contributed by atoms with E-state index in [2.05, 4.69) is 4.98 Å². The van der Waals surface area contributed by atoms with Gasteiger partial charge in [-0.2, -0.15) is 0 Å². The van der Waals surface area contributed by atoms with Gasteiger partial charge in [-0.05, 0) is 12.1 Å². The molecular formula is C9H9N3O3. The number of pyridine rings is 1. The molecule has 78 valence electrons. The van der Waals surface area contributed by atoms with Crippen LogP contribution in [0.2, 0.25) is 0 Å². The van der Waals surface area contributed by atoms with Crippen molar-refractivity contribution < 1.29 is 14.4 Å². The first-order chi connectivity index (χ1) is 7.18. The van der Waals surface area contributed by atoms with Gasteiger partial charge in [0.1, 0.15) is 6.42 Å². The second-order valence-electron chi connectivity index (χ2n) is 2.63. The number of hydrogen-bond donors (Lipinski definition) is 2. The summed E-state index contributed by atoms with van der Waals surface area (Å²) in [6, 6.07) is 4.98. The molecule has 0 spiro atoms. The number of urea groups is 1. The lowest BCUT2D eigenvalue weighted by molar-refractivity contribution is -0.129. The van der Waals surface area contributed by atoms with Crippen LogP contribution in [0.1, 0.15) is 6.42 Å². The molecule has 1 aliphatic heterocycles. The van der Waals surface area contributed by atoms with Crippen LogP contribution in [-0.4, -0.2) is 22.8 Å². The maximum absolute atomic E-state index is 10.3. The quantitative estimate of drug-likeness (QED) is 0.578. The van der Waals surface area contributed by atoms with Crippen molar-refractivity contribution in [1.82, 2.24) is 15.6 Å². The number of barbiturate groups is 1. The predicted octanol–water partition coefficient (Wildman–Crippen LogP) is -0.176. The number of nitrogens with zero attached hydrogens (tertiary/aromatic N) is 1. The van der Waals surface area contributed by atoms with Crippen LogP contribution in [0.4, 0.5) is 4.79 Å². The standard InChI is InChI=1S/C5H5N.C4H4N2O3/c1-2-4-6-5-3-1;7-2-1-3(8)6-4(9)5-2/h1-5H;1H2,(H2,5,6,7,8,9). The Balaban J connectivity index is 0.000000162. The lowest BCUT2D eigenvalue weighted by Gasteiger charge is -2.09. The molecule has 6 nitrogen and oxygen atoms in total. The van der Waals surface area contributed by atoms with Gasteiger partial charge in [-0.1, -0.05) is 6.07 Å². The molecular weight excluding hydrogens is 198 g/mol. The molecule has 1 aliphatic rings. The first-order valence-corrected chi connectivity index (χ1v) is 4.17. The zero-order valence-electron chi connectivity index (χ0n) is 7.77. The maximum Gasteiger partial charge on any atom is 0.328 e. The van der Waals surface area contributed by atoms with E-state index in [0.717, 1.165) is 0 Å². The molecule has 6 heteroatoms. The normalized spacial score (nSPS) is 14.5. The van der Waals surface area contributed by atoms with Gasteiger partial charge in [-0.3, -0.25) is 25.2 Å². The number of hydrogen-bond acceptors (Lipinski definition) is 4. The molecule has 0 radical (unpaired) electrons. The minimum absolute atomic E-state index is 0.258. The van der Waals surface area contributed by atoms with Crippen molar-refractivity contribution in [3.05, 3.63) is 30.6 Å². The van der Waals surface area contributed by atoms with Gasteiger partial charge < -0.3 is 0 Å². The highest BCUT2D eigenvalue weighted by Gasteiger charge is 2.20. The Morgan fingerprint density at radius 2 is 1.47 bits per heavy atom. The lowest BCUT2D eigenvalue weighted by atomic mass is 10.3. The van der Waals surface area contributed by atoms with Crippen LogP contribution >= 0.6 is 0 Å². The highest BCUT2D eigenvalue weighted by Crippen LogP contribution is 1.85. The molecule has 0 aliphatic carbocycles. The molecule has 15 heavy (non-hydrogen) atoms. The smallest absolute Gasteiger partial charge is 0.277 e. The van der Waals surface area contributed by atoms with Crippen LogP contribution in [0.15, 0.2) is 30.6 Å². The van der Waals surface area contributed by atoms with E-state index < -0.39 is 17.8 Å². The van der Waals surface area contributed by atoms with Crippen LogP contribution in [0.3, 0.4) is 0 Å².